The lowest BCUT2D eigenvalue weighted by atomic mass is 9.89. The van der Waals surface area contributed by atoms with Crippen LogP contribution in [0.5, 0.6) is 0 Å². The maximum Gasteiger partial charge on any atom is 0.151 e. The Morgan fingerprint density at radius 3 is 1.95 bits per heavy atom. The fourth-order valence-electron chi connectivity index (χ4n) is 2.70. The van der Waals surface area contributed by atoms with Crippen LogP contribution in [0.1, 0.15) is 24.0 Å². The monoisotopic (exact) mass is 334 g/mol. The summed E-state index contributed by atoms with van der Waals surface area (Å²) in [5.41, 5.74) is 2.09. The summed E-state index contributed by atoms with van der Waals surface area (Å²) in [6.45, 7) is 1.75. The summed E-state index contributed by atoms with van der Waals surface area (Å²) in [6.07, 6.45) is 2.23. The molecule has 4 heteroatoms. The van der Waals surface area contributed by atoms with Crippen molar-refractivity contribution >= 4 is 29.8 Å². The Morgan fingerprint density at radius 1 is 0.864 bits per heavy atom. The Balaban J connectivity index is 0.00000176. The summed E-state index contributed by atoms with van der Waals surface area (Å²) in [7, 11) is 0. The smallest absolute Gasteiger partial charge is 0.151 e. The molecule has 2 aromatic rings. The van der Waals surface area contributed by atoms with Crippen molar-refractivity contribution in [3.05, 3.63) is 71.8 Å². The third-order valence-corrected chi connectivity index (χ3v) is 4.43. The maximum atomic E-state index is 7.15. The van der Waals surface area contributed by atoms with Crippen molar-refractivity contribution in [1.82, 2.24) is 5.32 Å². The van der Waals surface area contributed by atoms with E-state index in [0.717, 1.165) is 42.9 Å². The van der Waals surface area contributed by atoms with Crippen molar-refractivity contribution in [1.29, 1.82) is 0 Å². The topological polar surface area (TPSA) is 24.4 Å². The van der Waals surface area contributed by atoms with Gasteiger partial charge in [-0.15, -0.1) is 24.0 Å². The zero-order chi connectivity index (χ0) is 14.5. The lowest BCUT2D eigenvalue weighted by molar-refractivity contribution is 0.744. The molecule has 0 fully saturated rings. The average Bonchev–Trinajstić information content (AvgIpc) is 2.85. The highest BCUT2D eigenvalue weighted by Gasteiger charge is 2.37. The first-order valence-corrected chi connectivity index (χ1v) is 7.78. The Bertz CT molecular complexity index is 572. The Morgan fingerprint density at radius 2 is 1.41 bits per heavy atom. The summed E-state index contributed by atoms with van der Waals surface area (Å²) in [4.78, 5) is 3.98. The van der Waals surface area contributed by atoms with Crippen molar-refractivity contribution < 1.29 is 0 Å². The first kappa shape index (κ1) is 16.9. The van der Waals surface area contributed by atoms with Crippen LogP contribution in [0, 0.1) is 0 Å². The molecule has 0 spiro atoms. The van der Waals surface area contributed by atoms with Gasteiger partial charge in [-0.1, -0.05) is 60.7 Å². The van der Waals surface area contributed by atoms with E-state index in [1.165, 1.54) is 0 Å². The van der Waals surface area contributed by atoms with Crippen LogP contribution in [0.3, 0.4) is 0 Å². The minimum atomic E-state index is -0.743. The molecule has 3 rings (SSSR count). The highest BCUT2D eigenvalue weighted by atomic mass is 35.5. The van der Waals surface area contributed by atoms with Crippen LogP contribution in [0.15, 0.2) is 65.7 Å². The number of hydrogen-bond donors (Lipinski definition) is 1. The van der Waals surface area contributed by atoms with E-state index in [4.69, 9.17) is 16.6 Å². The number of alkyl halides is 1. The molecule has 0 bridgehead atoms. The number of hydrogen-bond acceptors (Lipinski definition) is 2. The Labute approximate surface area is 143 Å². The van der Waals surface area contributed by atoms with Gasteiger partial charge in [0.1, 0.15) is 5.84 Å². The predicted octanol–water partition coefficient (Wildman–Crippen LogP) is 4.37. The largest absolute Gasteiger partial charge is 0.372 e. The van der Waals surface area contributed by atoms with E-state index in [0.29, 0.717) is 0 Å². The molecule has 116 valence electrons. The molecule has 1 aliphatic rings. The maximum absolute atomic E-state index is 7.15. The van der Waals surface area contributed by atoms with Crippen LogP contribution < -0.4 is 5.32 Å². The number of aliphatic imine (C=N–C) groups is 1. The molecule has 2 aromatic carbocycles. The van der Waals surface area contributed by atoms with E-state index in [2.05, 4.69) is 29.6 Å². The van der Waals surface area contributed by atoms with Crippen molar-refractivity contribution in [3.63, 3.8) is 0 Å². The van der Waals surface area contributed by atoms with Gasteiger partial charge in [0, 0.05) is 13.1 Å². The molecule has 0 saturated heterocycles. The van der Waals surface area contributed by atoms with Gasteiger partial charge < -0.3 is 5.32 Å². The van der Waals surface area contributed by atoms with E-state index in [1.807, 2.05) is 36.4 Å². The molecule has 0 amide bonds. The van der Waals surface area contributed by atoms with Crippen molar-refractivity contribution in [2.75, 3.05) is 13.1 Å². The third-order valence-electron chi connectivity index (χ3n) is 3.82. The number of nitrogens with one attached hydrogen (secondary N) is 1. The summed E-state index contributed by atoms with van der Waals surface area (Å²) >= 11 is 7.15. The number of nitrogens with zero attached hydrogens (tertiary/aromatic N) is 1. The fourth-order valence-corrected chi connectivity index (χ4v) is 3.08. The molecule has 2 nitrogen and oxygen atoms in total. The predicted molar refractivity (Wildman–Crippen MR) is 96.3 cm³/mol. The molecule has 0 aliphatic carbocycles. The second-order valence-electron chi connectivity index (χ2n) is 5.25. The van der Waals surface area contributed by atoms with Crippen molar-refractivity contribution in [2.45, 2.75) is 17.7 Å². The average molecular weight is 335 g/mol. The second-order valence-corrected chi connectivity index (χ2v) is 5.82. The van der Waals surface area contributed by atoms with Gasteiger partial charge in [-0.25, -0.2) is 0 Å². The van der Waals surface area contributed by atoms with Crippen LogP contribution >= 0.6 is 24.0 Å². The van der Waals surface area contributed by atoms with E-state index in [9.17, 15) is 0 Å². The van der Waals surface area contributed by atoms with Crippen LogP contribution in [0.4, 0.5) is 0 Å². The zero-order valence-corrected chi connectivity index (χ0v) is 13.9. The molecule has 0 saturated carbocycles. The van der Waals surface area contributed by atoms with Crippen LogP contribution in [-0.2, 0) is 4.87 Å². The highest BCUT2D eigenvalue weighted by molar-refractivity contribution is 6.38. The molecule has 0 unspecified atom stereocenters. The molecule has 0 aromatic heterocycles. The molecule has 1 heterocycles. The van der Waals surface area contributed by atoms with Gasteiger partial charge >= 0.3 is 0 Å². The summed E-state index contributed by atoms with van der Waals surface area (Å²) < 4.78 is 0. The number of rotatable bonds is 3. The molecular formula is C18H20Cl2N2. The molecule has 1 aliphatic heterocycles. The third kappa shape index (κ3) is 3.29. The van der Waals surface area contributed by atoms with Gasteiger partial charge in [0.15, 0.2) is 4.87 Å². The lowest BCUT2D eigenvalue weighted by Gasteiger charge is -2.30. The second kappa shape index (κ2) is 7.66. The lowest BCUT2D eigenvalue weighted by Crippen LogP contribution is -2.41. The molecule has 0 radical (unpaired) electrons. The summed E-state index contributed by atoms with van der Waals surface area (Å²) in [5.74, 6) is 0.860. The van der Waals surface area contributed by atoms with Gasteiger partial charge in [-0.2, -0.15) is 0 Å². The van der Waals surface area contributed by atoms with Gasteiger partial charge in [-0.05, 0) is 24.0 Å². The SMILES string of the molecule is Cl.ClC(C1=NCCCCN1)(c1ccccc1)c1ccccc1. The first-order valence-electron chi connectivity index (χ1n) is 7.40. The molecule has 22 heavy (non-hydrogen) atoms. The Kier molecular flexibility index (Phi) is 5.87. The van der Waals surface area contributed by atoms with Gasteiger partial charge in [0.25, 0.3) is 0 Å². The Hall–Kier alpha value is -1.51. The van der Waals surface area contributed by atoms with E-state index in [1.54, 1.807) is 0 Å². The van der Waals surface area contributed by atoms with Gasteiger partial charge in [0.05, 0.1) is 0 Å². The minimum Gasteiger partial charge on any atom is -0.372 e. The van der Waals surface area contributed by atoms with E-state index < -0.39 is 4.87 Å². The van der Waals surface area contributed by atoms with Crippen LogP contribution in [0.2, 0.25) is 0 Å². The minimum absolute atomic E-state index is 0. The molecular weight excluding hydrogens is 315 g/mol. The normalized spacial score (nSPS) is 15.0. The number of benzene rings is 2. The van der Waals surface area contributed by atoms with Crippen LogP contribution in [-0.4, -0.2) is 18.9 Å². The van der Waals surface area contributed by atoms with Crippen molar-refractivity contribution in [3.8, 4) is 0 Å². The number of amidine groups is 1. The summed E-state index contributed by atoms with van der Waals surface area (Å²) in [6, 6.07) is 20.4. The summed E-state index contributed by atoms with van der Waals surface area (Å²) in [5, 5.41) is 3.44. The van der Waals surface area contributed by atoms with E-state index in [-0.39, 0.29) is 12.4 Å². The van der Waals surface area contributed by atoms with E-state index >= 15 is 0 Å². The molecule has 1 N–H and O–H groups in total. The standard InChI is InChI=1S/C18H19ClN2.ClH/c19-18(15-9-3-1-4-10-15,16-11-5-2-6-12-16)17-20-13-7-8-14-21-17;/h1-6,9-12H,7-8,13-14H2,(H,20,21);1H. The van der Waals surface area contributed by atoms with Gasteiger partial charge in [-0.3, -0.25) is 4.99 Å². The van der Waals surface area contributed by atoms with Crippen LogP contribution in [0.25, 0.3) is 0 Å². The van der Waals surface area contributed by atoms with Crippen molar-refractivity contribution in [2.24, 2.45) is 4.99 Å². The fraction of sp³-hybridized carbons (Fsp3) is 0.278. The quantitative estimate of drug-likeness (QED) is 0.828. The number of halogens is 2. The zero-order valence-electron chi connectivity index (χ0n) is 12.3. The highest BCUT2D eigenvalue weighted by Crippen LogP contribution is 2.37. The first-order chi connectivity index (χ1) is 10.3. The molecule has 0 atom stereocenters. The van der Waals surface area contributed by atoms with Gasteiger partial charge in [0.2, 0.25) is 0 Å².